The predicted octanol–water partition coefficient (Wildman–Crippen LogP) is 3.19. The van der Waals surface area contributed by atoms with Gasteiger partial charge in [0.25, 0.3) is 0 Å². The third-order valence-corrected chi connectivity index (χ3v) is 5.72. The Hall–Kier alpha value is -0.760. The largest absolute Gasteiger partial charge is 0.464 e. The van der Waals surface area contributed by atoms with E-state index in [1.54, 1.807) is 0 Å². The van der Waals surface area contributed by atoms with E-state index >= 15 is 0 Å². The zero-order chi connectivity index (χ0) is 11.7. The van der Waals surface area contributed by atoms with Crippen molar-refractivity contribution >= 4 is 0 Å². The zero-order valence-corrected chi connectivity index (χ0v) is 10.6. The molecule has 1 aromatic heterocycles. The van der Waals surface area contributed by atoms with Crippen molar-refractivity contribution in [1.82, 2.24) is 0 Å². The maximum atomic E-state index is 6.43. The van der Waals surface area contributed by atoms with Gasteiger partial charge in [-0.1, -0.05) is 0 Å². The van der Waals surface area contributed by atoms with Gasteiger partial charge in [-0.05, 0) is 74.3 Å². The number of fused-ring (bicyclic) bond motifs is 5. The van der Waals surface area contributed by atoms with Crippen LogP contribution in [-0.2, 0) is 0 Å². The molecule has 0 saturated heterocycles. The Balaban J connectivity index is 1.57. The predicted molar refractivity (Wildman–Crippen MR) is 66.4 cm³/mol. The molecule has 1 heterocycles. The number of hydrogen-bond acceptors (Lipinski definition) is 2. The lowest BCUT2D eigenvalue weighted by Gasteiger charge is -2.13. The summed E-state index contributed by atoms with van der Waals surface area (Å²) in [5.41, 5.74) is 7.67. The van der Waals surface area contributed by atoms with Crippen LogP contribution in [0, 0.1) is 43.4 Å². The molecule has 92 valence electrons. The molecule has 2 N–H and O–H groups in total. The van der Waals surface area contributed by atoms with E-state index in [2.05, 4.69) is 13.0 Å². The second kappa shape index (κ2) is 3.17. The lowest BCUT2D eigenvalue weighted by molar-refractivity contribution is 0.364. The highest BCUT2D eigenvalue weighted by atomic mass is 16.3. The van der Waals surface area contributed by atoms with E-state index in [0.29, 0.717) is 0 Å². The molecule has 3 aliphatic rings. The van der Waals surface area contributed by atoms with Crippen LogP contribution in [0.2, 0.25) is 0 Å². The average molecular weight is 231 g/mol. The fourth-order valence-electron chi connectivity index (χ4n) is 4.83. The smallest absolute Gasteiger partial charge is 0.121 e. The third-order valence-electron chi connectivity index (χ3n) is 5.72. The first kappa shape index (κ1) is 10.2. The van der Waals surface area contributed by atoms with E-state index < -0.39 is 0 Å². The zero-order valence-electron chi connectivity index (χ0n) is 10.6. The van der Waals surface area contributed by atoms with E-state index in [-0.39, 0.29) is 6.04 Å². The van der Waals surface area contributed by atoms with Crippen molar-refractivity contribution in [2.24, 2.45) is 35.3 Å². The molecule has 4 rings (SSSR count). The van der Waals surface area contributed by atoms with Gasteiger partial charge in [-0.25, -0.2) is 0 Å². The van der Waals surface area contributed by atoms with Crippen LogP contribution in [0.4, 0.5) is 0 Å². The Kier molecular flexibility index (Phi) is 1.90. The Labute approximate surface area is 103 Å². The second-order valence-electron chi connectivity index (χ2n) is 6.48. The molecule has 5 atom stereocenters. The molecule has 0 radical (unpaired) electrons. The second-order valence-corrected chi connectivity index (χ2v) is 6.48. The molecule has 2 nitrogen and oxygen atoms in total. The van der Waals surface area contributed by atoms with Crippen molar-refractivity contribution in [2.45, 2.75) is 39.2 Å². The summed E-state index contributed by atoms with van der Waals surface area (Å²) in [6.45, 7) is 4.13. The molecule has 0 spiro atoms. The number of furan rings is 1. The van der Waals surface area contributed by atoms with Gasteiger partial charge in [-0.2, -0.15) is 0 Å². The average Bonchev–Trinajstić information content (AvgIpc) is 2.60. The summed E-state index contributed by atoms with van der Waals surface area (Å²) >= 11 is 0. The molecular formula is C15H21NO. The SMILES string of the molecule is Cc1cc(C(N)C2C3C4CCC(C4)C32)oc1C. The van der Waals surface area contributed by atoms with Gasteiger partial charge in [0.1, 0.15) is 11.5 Å². The minimum absolute atomic E-state index is 0.154. The van der Waals surface area contributed by atoms with Crippen LogP contribution in [0.15, 0.2) is 10.5 Å². The lowest BCUT2D eigenvalue weighted by atomic mass is 9.96. The van der Waals surface area contributed by atoms with Crippen molar-refractivity contribution < 1.29 is 4.42 Å². The molecule has 1 aromatic rings. The number of rotatable bonds is 2. The highest BCUT2D eigenvalue weighted by molar-refractivity contribution is 5.25. The van der Waals surface area contributed by atoms with Crippen molar-refractivity contribution in [3.05, 3.63) is 23.2 Å². The molecule has 2 bridgehead atoms. The summed E-state index contributed by atoms with van der Waals surface area (Å²) in [6, 6.07) is 2.30. The van der Waals surface area contributed by atoms with Gasteiger partial charge in [-0.15, -0.1) is 0 Å². The van der Waals surface area contributed by atoms with Crippen LogP contribution in [0.3, 0.4) is 0 Å². The standard InChI is InChI=1S/C15H21NO/c1-7-5-11(17-8(7)2)15(16)14-12-9-3-4-10(6-9)13(12)14/h5,9-10,12-15H,3-4,6,16H2,1-2H3. The van der Waals surface area contributed by atoms with Crippen LogP contribution in [0.25, 0.3) is 0 Å². The van der Waals surface area contributed by atoms with E-state index in [1.807, 2.05) is 6.92 Å². The summed E-state index contributed by atoms with van der Waals surface area (Å²) in [7, 11) is 0. The Morgan fingerprint density at radius 1 is 1.24 bits per heavy atom. The first-order valence-corrected chi connectivity index (χ1v) is 6.99. The molecule has 3 saturated carbocycles. The van der Waals surface area contributed by atoms with Gasteiger partial charge in [0.15, 0.2) is 0 Å². The van der Waals surface area contributed by atoms with Crippen LogP contribution >= 0.6 is 0 Å². The Morgan fingerprint density at radius 3 is 2.41 bits per heavy atom. The summed E-state index contributed by atoms with van der Waals surface area (Å²) in [5.74, 6) is 6.66. The molecule has 3 fully saturated rings. The molecule has 2 heteroatoms. The molecule has 5 unspecified atom stereocenters. The van der Waals surface area contributed by atoms with Crippen LogP contribution in [0.1, 0.15) is 42.4 Å². The maximum Gasteiger partial charge on any atom is 0.121 e. The molecule has 0 amide bonds. The monoisotopic (exact) mass is 231 g/mol. The van der Waals surface area contributed by atoms with Gasteiger partial charge < -0.3 is 10.2 Å². The highest BCUT2D eigenvalue weighted by Crippen LogP contribution is 2.71. The number of hydrogen-bond donors (Lipinski definition) is 1. The van der Waals surface area contributed by atoms with Gasteiger partial charge in [0.2, 0.25) is 0 Å². The summed E-state index contributed by atoms with van der Waals surface area (Å²) in [4.78, 5) is 0. The van der Waals surface area contributed by atoms with Gasteiger partial charge in [0, 0.05) is 0 Å². The van der Waals surface area contributed by atoms with Crippen molar-refractivity contribution in [2.75, 3.05) is 0 Å². The summed E-state index contributed by atoms with van der Waals surface area (Å²) in [6.07, 6.45) is 4.42. The first-order chi connectivity index (χ1) is 8.16. The van der Waals surface area contributed by atoms with Gasteiger partial charge in [-0.3, -0.25) is 0 Å². The maximum absolute atomic E-state index is 6.43. The van der Waals surface area contributed by atoms with E-state index in [4.69, 9.17) is 10.2 Å². The topological polar surface area (TPSA) is 39.2 Å². The van der Waals surface area contributed by atoms with Crippen molar-refractivity contribution in [1.29, 1.82) is 0 Å². The normalized spacial score (nSPS) is 43.8. The summed E-state index contributed by atoms with van der Waals surface area (Å²) in [5, 5.41) is 0. The van der Waals surface area contributed by atoms with Crippen molar-refractivity contribution in [3.8, 4) is 0 Å². The molecular weight excluding hydrogens is 210 g/mol. The Morgan fingerprint density at radius 2 is 1.88 bits per heavy atom. The minimum Gasteiger partial charge on any atom is -0.464 e. The van der Waals surface area contributed by atoms with E-state index in [0.717, 1.165) is 41.1 Å². The Bertz CT molecular complexity index is 428. The van der Waals surface area contributed by atoms with Crippen LogP contribution in [0.5, 0.6) is 0 Å². The van der Waals surface area contributed by atoms with Crippen LogP contribution < -0.4 is 5.73 Å². The van der Waals surface area contributed by atoms with Crippen LogP contribution in [-0.4, -0.2) is 0 Å². The summed E-state index contributed by atoms with van der Waals surface area (Å²) < 4.78 is 5.81. The lowest BCUT2D eigenvalue weighted by Crippen LogP contribution is -2.16. The van der Waals surface area contributed by atoms with Gasteiger partial charge in [0.05, 0.1) is 6.04 Å². The number of nitrogens with two attached hydrogens (primary N) is 1. The molecule has 17 heavy (non-hydrogen) atoms. The van der Waals surface area contributed by atoms with Gasteiger partial charge >= 0.3 is 0 Å². The molecule has 3 aliphatic carbocycles. The van der Waals surface area contributed by atoms with E-state index in [1.165, 1.54) is 24.8 Å². The molecule has 0 aromatic carbocycles. The van der Waals surface area contributed by atoms with E-state index in [9.17, 15) is 0 Å². The minimum atomic E-state index is 0.154. The molecule has 0 aliphatic heterocycles. The van der Waals surface area contributed by atoms with Crippen molar-refractivity contribution in [3.63, 3.8) is 0 Å². The first-order valence-electron chi connectivity index (χ1n) is 6.99. The third kappa shape index (κ3) is 1.25. The fraction of sp³-hybridized carbons (Fsp3) is 0.733. The highest BCUT2D eigenvalue weighted by Gasteiger charge is 2.66. The number of aryl methyl sites for hydroxylation is 2. The quantitative estimate of drug-likeness (QED) is 0.849. The fourth-order valence-corrected chi connectivity index (χ4v) is 4.83.